The maximum absolute atomic E-state index is 12.2. The normalized spacial score (nSPS) is 24.9. The van der Waals surface area contributed by atoms with E-state index >= 15 is 0 Å². The minimum Gasteiger partial charge on any atom is -0.481 e. The fourth-order valence-electron chi connectivity index (χ4n) is 3.35. The van der Waals surface area contributed by atoms with Crippen LogP contribution in [0.25, 0.3) is 0 Å². The summed E-state index contributed by atoms with van der Waals surface area (Å²) in [4.78, 5) is 37.0. The first-order valence-corrected chi connectivity index (χ1v) is 7.77. The highest BCUT2D eigenvalue weighted by atomic mass is 16.4. The third-order valence-corrected chi connectivity index (χ3v) is 4.83. The van der Waals surface area contributed by atoms with Gasteiger partial charge in [0.15, 0.2) is 0 Å². The topological polar surface area (TPSA) is 86.7 Å². The molecule has 2 rings (SSSR count). The van der Waals surface area contributed by atoms with Crippen molar-refractivity contribution in [3.05, 3.63) is 0 Å². The second-order valence-electron chi connectivity index (χ2n) is 6.20. The molecule has 0 radical (unpaired) electrons. The lowest BCUT2D eigenvalue weighted by Gasteiger charge is -2.33. The van der Waals surface area contributed by atoms with Gasteiger partial charge in [-0.05, 0) is 19.8 Å². The quantitative estimate of drug-likeness (QED) is 0.792. The summed E-state index contributed by atoms with van der Waals surface area (Å²) in [5.41, 5.74) is -0.818. The first kappa shape index (κ1) is 15.8. The molecular formula is C15H24N2O4. The summed E-state index contributed by atoms with van der Waals surface area (Å²) in [5.74, 6) is -1.35. The van der Waals surface area contributed by atoms with Crippen molar-refractivity contribution in [2.45, 2.75) is 45.4 Å². The Balaban J connectivity index is 1.91. The van der Waals surface area contributed by atoms with Crippen molar-refractivity contribution in [2.24, 2.45) is 11.3 Å². The van der Waals surface area contributed by atoms with Crippen LogP contribution >= 0.6 is 0 Å². The van der Waals surface area contributed by atoms with Crippen molar-refractivity contribution in [1.82, 2.24) is 10.2 Å². The SMILES string of the molecule is CCN1CC(C(=O)NCC2(C(=O)O)CCCCC2)CC1=O. The molecule has 0 bridgehead atoms. The number of carboxylic acid groups (broad SMARTS) is 1. The van der Waals surface area contributed by atoms with Gasteiger partial charge in [0.1, 0.15) is 0 Å². The number of carbonyl (C=O) groups is 3. The van der Waals surface area contributed by atoms with Gasteiger partial charge in [-0.25, -0.2) is 0 Å². The van der Waals surface area contributed by atoms with Crippen molar-refractivity contribution >= 4 is 17.8 Å². The summed E-state index contributed by atoms with van der Waals surface area (Å²) in [5, 5.41) is 12.3. The Hall–Kier alpha value is -1.59. The van der Waals surface area contributed by atoms with Gasteiger partial charge in [-0.3, -0.25) is 14.4 Å². The first-order valence-electron chi connectivity index (χ1n) is 7.77. The lowest BCUT2D eigenvalue weighted by Crippen LogP contribution is -2.46. The third kappa shape index (κ3) is 3.36. The van der Waals surface area contributed by atoms with Gasteiger partial charge in [0, 0.05) is 26.1 Å². The van der Waals surface area contributed by atoms with Gasteiger partial charge in [0.05, 0.1) is 11.3 Å². The van der Waals surface area contributed by atoms with E-state index in [1.807, 2.05) is 6.92 Å². The molecule has 1 aliphatic carbocycles. The highest BCUT2D eigenvalue weighted by molar-refractivity contribution is 5.89. The number of rotatable bonds is 5. The molecule has 2 amide bonds. The Morgan fingerprint density at radius 1 is 1.33 bits per heavy atom. The number of likely N-dealkylation sites (tertiary alicyclic amines) is 1. The van der Waals surface area contributed by atoms with E-state index < -0.39 is 11.4 Å². The monoisotopic (exact) mass is 296 g/mol. The van der Waals surface area contributed by atoms with E-state index in [2.05, 4.69) is 5.32 Å². The fourth-order valence-corrected chi connectivity index (χ4v) is 3.35. The Morgan fingerprint density at radius 3 is 2.52 bits per heavy atom. The molecule has 1 atom stereocenters. The standard InChI is InChI=1S/C15H24N2O4/c1-2-17-9-11(8-12(17)18)13(19)16-10-15(14(20)21)6-4-3-5-7-15/h11H,2-10H2,1H3,(H,16,19)(H,20,21). The van der Waals surface area contributed by atoms with E-state index in [0.717, 1.165) is 19.3 Å². The van der Waals surface area contributed by atoms with Crippen LogP contribution in [0.3, 0.4) is 0 Å². The molecule has 21 heavy (non-hydrogen) atoms. The molecule has 0 aromatic carbocycles. The highest BCUT2D eigenvalue weighted by Gasteiger charge is 2.41. The Kier molecular flexibility index (Phi) is 4.85. The fraction of sp³-hybridized carbons (Fsp3) is 0.800. The Morgan fingerprint density at radius 2 is 2.00 bits per heavy atom. The molecule has 2 fully saturated rings. The molecule has 0 aromatic heterocycles. The van der Waals surface area contributed by atoms with Gasteiger partial charge in [-0.1, -0.05) is 19.3 Å². The van der Waals surface area contributed by atoms with E-state index in [1.54, 1.807) is 4.90 Å². The number of nitrogens with one attached hydrogen (secondary N) is 1. The molecular weight excluding hydrogens is 272 g/mol. The molecule has 0 spiro atoms. The maximum atomic E-state index is 12.2. The van der Waals surface area contributed by atoms with Gasteiger partial charge in [-0.2, -0.15) is 0 Å². The molecule has 0 aromatic rings. The maximum Gasteiger partial charge on any atom is 0.311 e. The van der Waals surface area contributed by atoms with Gasteiger partial charge in [-0.15, -0.1) is 0 Å². The van der Waals surface area contributed by atoms with E-state index in [-0.39, 0.29) is 30.7 Å². The lowest BCUT2D eigenvalue weighted by molar-refractivity contribution is -0.151. The molecule has 1 saturated carbocycles. The van der Waals surface area contributed by atoms with Crippen molar-refractivity contribution in [3.63, 3.8) is 0 Å². The molecule has 6 heteroatoms. The van der Waals surface area contributed by atoms with Crippen molar-refractivity contribution in [1.29, 1.82) is 0 Å². The number of carboxylic acids is 1. The van der Waals surface area contributed by atoms with Gasteiger partial charge in [0.25, 0.3) is 0 Å². The van der Waals surface area contributed by atoms with Crippen molar-refractivity contribution in [3.8, 4) is 0 Å². The van der Waals surface area contributed by atoms with Gasteiger partial charge < -0.3 is 15.3 Å². The summed E-state index contributed by atoms with van der Waals surface area (Å²) in [6.07, 6.45) is 4.33. The second kappa shape index (κ2) is 6.45. The largest absolute Gasteiger partial charge is 0.481 e. The zero-order chi connectivity index (χ0) is 15.5. The molecule has 2 N–H and O–H groups in total. The molecule has 6 nitrogen and oxygen atoms in total. The van der Waals surface area contributed by atoms with Crippen LogP contribution < -0.4 is 5.32 Å². The summed E-state index contributed by atoms with van der Waals surface area (Å²) < 4.78 is 0. The second-order valence-corrected chi connectivity index (χ2v) is 6.20. The van der Waals surface area contributed by atoms with E-state index in [4.69, 9.17) is 0 Å². The lowest BCUT2D eigenvalue weighted by atomic mass is 9.74. The highest BCUT2D eigenvalue weighted by Crippen LogP contribution is 2.36. The zero-order valence-corrected chi connectivity index (χ0v) is 12.6. The number of amides is 2. The van der Waals surface area contributed by atoms with E-state index in [1.165, 1.54) is 0 Å². The van der Waals surface area contributed by atoms with Crippen LogP contribution in [0.5, 0.6) is 0 Å². The average molecular weight is 296 g/mol. The number of hydrogen-bond donors (Lipinski definition) is 2. The minimum atomic E-state index is -0.819. The van der Waals surface area contributed by atoms with Crippen LogP contribution in [-0.2, 0) is 14.4 Å². The van der Waals surface area contributed by atoms with Crippen LogP contribution in [0.15, 0.2) is 0 Å². The summed E-state index contributed by atoms with van der Waals surface area (Å²) >= 11 is 0. The third-order valence-electron chi connectivity index (χ3n) is 4.83. The molecule has 1 aliphatic heterocycles. The Bertz CT molecular complexity index is 429. The predicted molar refractivity (Wildman–Crippen MR) is 76.5 cm³/mol. The smallest absolute Gasteiger partial charge is 0.311 e. The van der Waals surface area contributed by atoms with Crippen LogP contribution in [0.2, 0.25) is 0 Å². The summed E-state index contributed by atoms with van der Waals surface area (Å²) in [6, 6.07) is 0. The van der Waals surface area contributed by atoms with Crippen molar-refractivity contribution < 1.29 is 19.5 Å². The number of aliphatic carboxylic acids is 1. The van der Waals surface area contributed by atoms with Crippen LogP contribution in [0.4, 0.5) is 0 Å². The molecule has 1 heterocycles. The number of carbonyl (C=O) groups excluding carboxylic acids is 2. The van der Waals surface area contributed by atoms with E-state index in [9.17, 15) is 19.5 Å². The van der Waals surface area contributed by atoms with E-state index in [0.29, 0.717) is 25.9 Å². The first-order chi connectivity index (χ1) is 9.98. The number of hydrogen-bond acceptors (Lipinski definition) is 3. The Labute approximate surface area is 124 Å². The summed E-state index contributed by atoms with van der Waals surface area (Å²) in [6.45, 7) is 3.13. The van der Waals surface area contributed by atoms with Crippen LogP contribution in [0, 0.1) is 11.3 Å². The predicted octanol–water partition coefficient (Wildman–Crippen LogP) is 1.01. The molecule has 1 unspecified atom stereocenters. The summed E-state index contributed by atoms with van der Waals surface area (Å²) in [7, 11) is 0. The average Bonchev–Trinajstić information content (AvgIpc) is 2.86. The molecule has 118 valence electrons. The van der Waals surface area contributed by atoms with Gasteiger partial charge >= 0.3 is 5.97 Å². The van der Waals surface area contributed by atoms with Crippen LogP contribution in [-0.4, -0.2) is 47.4 Å². The molecule has 2 aliphatic rings. The van der Waals surface area contributed by atoms with Gasteiger partial charge in [0.2, 0.25) is 11.8 Å². The minimum absolute atomic E-state index is 0.00302. The number of nitrogens with zero attached hydrogens (tertiary/aromatic N) is 1. The van der Waals surface area contributed by atoms with Crippen molar-refractivity contribution in [2.75, 3.05) is 19.6 Å². The van der Waals surface area contributed by atoms with Crippen LogP contribution in [0.1, 0.15) is 45.4 Å². The zero-order valence-electron chi connectivity index (χ0n) is 12.6. The molecule has 1 saturated heterocycles.